The molecule has 10 heteroatoms. The summed E-state index contributed by atoms with van der Waals surface area (Å²) in [5, 5.41) is 7.41. The van der Waals surface area contributed by atoms with Crippen LogP contribution in [-0.2, 0) is 6.18 Å². The third-order valence-corrected chi connectivity index (χ3v) is 4.47. The molecule has 3 aromatic carbocycles. The summed E-state index contributed by atoms with van der Waals surface area (Å²) in [7, 11) is 2.80. The molecule has 3 amide bonds. The second-order valence-electron chi connectivity index (χ2n) is 6.69. The molecular weight excluding hydrogens is 439 g/mol. The zero-order valence-corrected chi connectivity index (χ0v) is 17.6. The number of alkyl halides is 3. The van der Waals surface area contributed by atoms with Crippen molar-refractivity contribution in [2.45, 2.75) is 6.18 Å². The van der Waals surface area contributed by atoms with Gasteiger partial charge in [0.15, 0.2) is 0 Å². The molecule has 172 valence electrons. The van der Waals surface area contributed by atoms with Gasteiger partial charge in [0.1, 0.15) is 17.2 Å². The summed E-state index contributed by atoms with van der Waals surface area (Å²) in [6, 6.07) is 15.0. The van der Waals surface area contributed by atoms with Crippen LogP contribution in [0, 0.1) is 0 Å². The number of rotatable bonds is 6. The van der Waals surface area contributed by atoms with Gasteiger partial charge in [-0.05, 0) is 54.6 Å². The first kappa shape index (κ1) is 23.5. The number of anilines is 2. The Bertz CT molecular complexity index is 1150. The molecule has 0 aliphatic heterocycles. The lowest BCUT2D eigenvalue weighted by Gasteiger charge is -2.14. The van der Waals surface area contributed by atoms with Crippen LogP contribution in [0.3, 0.4) is 0 Å². The smallest absolute Gasteiger partial charge is 0.416 e. The molecule has 0 heterocycles. The van der Waals surface area contributed by atoms with E-state index in [0.29, 0.717) is 22.7 Å². The van der Waals surface area contributed by atoms with Gasteiger partial charge in [0, 0.05) is 12.7 Å². The molecule has 0 aliphatic carbocycles. The zero-order valence-electron chi connectivity index (χ0n) is 17.6. The number of carbonyl (C=O) groups excluding carboxylic acids is 2. The molecule has 0 spiro atoms. The lowest BCUT2D eigenvalue weighted by Crippen LogP contribution is -2.20. The average Bonchev–Trinajstić information content (AvgIpc) is 2.79. The van der Waals surface area contributed by atoms with Crippen LogP contribution in [-0.4, -0.2) is 26.1 Å². The highest BCUT2D eigenvalue weighted by Gasteiger charge is 2.31. The van der Waals surface area contributed by atoms with E-state index in [1.54, 1.807) is 48.5 Å². The fourth-order valence-corrected chi connectivity index (χ4v) is 2.88. The summed E-state index contributed by atoms with van der Waals surface area (Å²) < 4.78 is 49.7. The van der Waals surface area contributed by atoms with Crippen molar-refractivity contribution in [3.05, 3.63) is 77.9 Å². The van der Waals surface area contributed by atoms with Gasteiger partial charge in [-0.1, -0.05) is 12.1 Å². The molecular formula is C23H20F3N3O4. The molecule has 0 unspecified atom stereocenters. The molecule has 0 aromatic heterocycles. The van der Waals surface area contributed by atoms with E-state index in [1.807, 2.05) is 0 Å². The minimum absolute atomic E-state index is 0.0803. The number of hydrogen-bond acceptors (Lipinski definition) is 4. The molecule has 0 saturated heterocycles. The Morgan fingerprint density at radius 1 is 0.879 bits per heavy atom. The summed E-state index contributed by atoms with van der Waals surface area (Å²) in [5.41, 5.74) is -0.324. The van der Waals surface area contributed by atoms with E-state index in [0.717, 1.165) is 18.2 Å². The van der Waals surface area contributed by atoms with Crippen LogP contribution in [0.4, 0.5) is 29.3 Å². The second-order valence-corrected chi connectivity index (χ2v) is 6.69. The molecule has 33 heavy (non-hydrogen) atoms. The third-order valence-electron chi connectivity index (χ3n) is 4.47. The Morgan fingerprint density at radius 2 is 1.58 bits per heavy atom. The molecule has 0 bridgehead atoms. The predicted octanol–water partition coefficient (Wildman–Crippen LogP) is 5.51. The normalized spacial score (nSPS) is 10.8. The number of halogens is 3. The Kier molecular flexibility index (Phi) is 7.07. The number of methoxy groups -OCH3 is 1. The van der Waals surface area contributed by atoms with Crippen molar-refractivity contribution >= 4 is 23.3 Å². The number of urea groups is 1. The largest absolute Gasteiger partial charge is 0.495 e. The number of para-hydroxylation sites is 1. The van der Waals surface area contributed by atoms with Crippen LogP contribution >= 0.6 is 0 Å². The predicted molar refractivity (Wildman–Crippen MR) is 117 cm³/mol. The summed E-state index contributed by atoms with van der Waals surface area (Å²) in [6.07, 6.45) is -4.56. The van der Waals surface area contributed by atoms with Crippen molar-refractivity contribution in [1.29, 1.82) is 0 Å². The van der Waals surface area contributed by atoms with Gasteiger partial charge >= 0.3 is 12.2 Å². The maximum Gasteiger partial charge on any atom is 0.416 e. The van der Waals surface area contributed by atoms with E-state index in [-0.39, 0.29) is 17.3 Å². The Balaban J connectivity index is 1.69. The van der Waals surface area contributed by atoms with Gasteiger partial charge in [-0.25, -0.2) is 4.79 Å². The molecule has 3 N–H and O–H groups in total. The van der Waals surface area contributed by atoms with E-state index < -0.39 is 17.8 Å². The molecule has 3 aromatic rings. The molecule has 0 radical (unpaired) electrons. The molecule has 3 rings (SSSR count). The van der Waals surface area contributed by atoms with E-state index in [4.69, 9.17) is 9.47 Å². The first-order chi connectivity index (χ1) is 15.7. The lowest BCUT2D eigenvalue weighted by molar-refractivity contribution is -0.137. The quantitative estimate of drug-likeness (QED) is 0.454. The number of hydrogen-bond donors (Lipinski definition) is 3. The first-order valence-corrected chi connectivity index (χ1v) is 9.63. The van der Waals surface area contributed by atoms with Crippen LogP contribution in [0.25, 0.3) is 0 Å². The van der Waals surface area contributed by atoms with Crippen LogP contribution in [0.15, 0.2) is 66.7 Å². The average molecular weight is 459 g/mol. The van der Waals surface area contributed by atoms with E-state index in [9.17, 15) is 22.8 Å². The van der Waals surface area contributed by atoms with Gasteiger partial charge in [0.05, 0.1) is 23.9 Å². The second kappa shape index (κ2) is 9.94. The fourth-order valence-electron chi connectivity index (χ4n) is 2.88. The van der Waals surface area contributed by atoms with Gasteiger partial charge in [-0.15, -0.1) is 0 Å². The molecule has 7 nitrogen and oxygen atoms in total. The highest BCUT2D eigenvalue weighted by Crippen LogP contribution is 2.35. The number of ether oxygens (including phenoxy) is 2. The van der Waals surface area contributed by atoms with Gasteiger partial charge in [0.2, 0.25) is 0 Å². The number of amides is 3. The minimum Gasteiger partial charge on any atom is -0.495 e. The molecule has 0 fully saturated rings. The maximum absolute atomic E-state index is 13.0. The molecule has 0 saturated carbocycles. The third kappa shape index (κ3) is 5.94. The highest BCUT2D eigenvalue weighted by molar-refractivity contribution is 6.00. The molecule has 0 aliphatic rings. The van der Waals surface area contributed by atoms with Crippen molar-refractivity contribution < 1.29 is 32.2 Å². The maximum atomic E-state index is 13.0. The van der Waals surface area contributed by atoms with E-state index >= 15 is 0 Å². The SMILES string of the molecule is CNC(=O)c1ccccc1Oc1ccc(NC(=O)Nc2cc(C(F)(F)F)ccc2OC)cc1. The van der Waals surface area contributed by atoms with Gasteiger partial charge in [-0.3, -0.25) is 4.79 Å². The van der Waals surface area contributed by atoms with Crippen LogP contribution in [0.2, 0.25) is 0 Å². The summed E-state index contributed by atoms with van der Waals surface area (Å²) in [5.74, 6) is 0.547. The lowest BCUT2D eigenvalue weighted by atomic mass is 10.2. The summed E-state index contributed by atoms with van der Waals surface area (Å²) >= 11 is 0. The van der Waals surface area contributed by atoms with Gasteiger partial charge in [-0.2, -0.15) is 13.2 Å². The standard InChI is InChI=1S/C23H20F3N3O4/c1-27-21(30)17-5-3-4-6-19(17)33-16-10-8-15(9-11-16)28-22(31)29-18-13-14(23(24,25)26)7-12-20(18)32-2/h3-13H,1-2H3,(H,27,30)(H2,28,29,31). The Labute approximate surface area is 187 Å². The van der Waals surface area contributed by atoms with Crippen molar-refractivity contribution in [2.75, 3.05) is 24.8 Å². The van der Waals surface area contributed by atoms with Crippen LogP contribution in [0.1, 0.15) is 15.9 Å². The van der Waals surface area contributed by atoms with E-state index in [1.165, 1.54) is 14.2 Å². The summed E-state index contributed by atoms with van der Waals surface area (Å²) in [6.45, 7) is 0. The monoisotopic (exact) mass is 459 g/mol. The number of nitrogens with one attached hydrogen (secondary N) is 3. The van der Waals surface area contributed by atoms with Crippen LogP contribution in [0.5, 0.6) is 17.2 Å². The minimum atomic E-state index is -4.56. The zero-order chi connectivity index (χ0) is 24.0. The van der Waals surface area contributed by atoms with Crippen molar-refractivity contribution in [2.24, 2.45) is 0 Å². The van der Waals surface area contributed by atoms with Crippen LogP contribution < -0.4 is 25.4 Å². The van der Waals surface area contributed by atoms with Gasteiger partial charge in [0.25, 0.3) is 5.91 Å². The molecule has 0 atom stereocenters. The van der Waals surface area contributed by atoms with Crippen molar-refractivity contribution in [3.63, 3.8) is 0 Å². The van der Waals surface area contributed by atoms with Gasteiger partial charge < -0.3 is 25.4 Å². The fraction of sp³-hybridized carbons (Fsp3) is 0.130. The number of carbonyl (C=O) groups is 2. The highest BCUT2D eigenvalue weighted by atomic mass is 19.4. The Hall–Kier alpha value is -4.21. The Morgan fingerprint density at radius 3 is 2.21 bits per heavy atom. The van der Waals surface area contributed by atoms with Crippen molar-refractivity contribution in [1.82, 2.24) is 5.32 Å². The number of benzene rings is 3. The topological polar surface area (TPSA) is 88.7 Å². The van der Waals surface area contributed by atoms with E-state index in [2.05, 4.69) is 16.0 Å². The van der Waals surface area contributed by atoms with Crippen molar-refractivity contribution in [3.8, 4) is 17.2 Å². The first-order valence-electron chi connectivity index (χ1n) is 9.63. The summed E-state index contributed by atoms with van der Waals surface area (Å²) in [4.78, 5) is 24.3.